The highest BCUT2D eigenvalue weighted by Crippen LogP contribution is 2.10. The summed E-state index contributed by atoms with van der Waals surface area (Å²) < 4.78 is 0. The van der Waals surface area contributed by atoms with Crippen LogP contribution in [0.2, 0.25) is 5.02 Å². The maximum Gasteiger partial charge on any atom is 0.0743 e. The smallest absolute Gasteiger partial charge is 0.0743 e. The number of hydrogen-bond donors (Lipinski definition) is 1. The topological polar surface area (TPSA) is 24.4 Å². The molecule has 0 bridgehead atoms. The summed E-state index contributed by atoms with van der Waals surface area (Å²) in [6, 6.07) is 11.8. The largest absolute Gasteiger partial charge is 0.305 e. The number of nitrogens with one attached hydrogen (secondary N) is 1. The van der Waals surface area contributed by atoms with Crippen molar-refractivity contribution in [3.63, 3.8) is 0 Å². The number of nitrogens with zero attached hydrogens (tertiary/aromatic N) is 1. The summed E-state index contributed by atoms with van der Waals surface area (Å²) in [5, 5.41) is 7.13. The van der Waals surface area contributed by atoms with Crippen LogP contribution in [-0.4, -0.2) is 5.71 Å². The first-order chi connectivity index (χ1) is 8.25. The van der Waals surface area contributed by atoms with Gasteiger partial charge in [0.2, 0.25) is 0 Å². The van der Waals surface area contributed by atoms with E-state index in [9.17, 15) is 0 Å². The van der Waals surface area contributed by atoms with E-state index in [1.807, 2.05) is 42.6 Å². The third-order valence-corrected chi connectivity index (χ3v) is 3.55. The molecule has 0 aliphatic carbocycles. The molecular formula is C13H13ClN2S. The number of hydrogen-bond acceptors (Lipinski definition) is 3. The third kappa shape index (κ3) is 3.58. The first-order valence-electron chi connectivity index (χ1n) is 5.31. The van der Waals surface area contributed by atoms with Crippen LogP contribution in [-0.2, 0) is 6.54 Å². The fourth-order valence-electron chi connectivity index (χ4n) is 1.39. The van der Waals surface area contributed by atoms with E-state index in [1.54, 1.807) is 11.3 Å². The molecule has 0 radical (unpaired) electrons. The Hall–Kier alpha value is -1.32. The van der Waals surface area contributed by atoms with Crippen LogP contribution in [0.5, 0.6) is 0 Å². The van der Waals surface area contributed by atoms with Crippen molar-refractivity contribution < 1.29 is 0 Å². The quantitative estimate of drug-likeness (QED) is 0.657. The SMILES string of the molecule is C/C(=N/NCc1ccc(Cl)cc1)c1cccs1. The second-order valence-corrected chi connectivity index (χ2v) is 5.02. The Labute approximate surface area is 110 Å². The predicted octanol–water partition coefficient (Wildman–Crippen LogP) is 3.92. The van der Waals surface area contributed by atoms with E-state index in [0.29, 0.717) is 6.54 Å². The van der Waals surface area contributed by atoms with E-state index in [0.717, 1.165) is 16.3 Å². The number of rotatable bonds is 4. The average Bonchev–Trinajstić information content (AvgIpc) is 2.85. The Bertz CT molecular complexity index is 489. The van der Waals surface area contributed by atoms with Gasteiger partial charge in [-0.05, 0) is 36.1 Å². The molecule has 0 atom stereocenters. The Balaban J connectivity index is 1.91. The van der Waals surface area contributed by atoms with Gasteiger partial charge >= 0.3 is 0 Å². The average molecular weight is 265 g/mol. The molecule has 4 heteroatoms. The van der Waals surface area contributed by atoms with E-state index in [1.165, 1.54) is 4.88 Å². The van der Waals surface area contributed by atoms with Crippen LogP contribution in [0.15, 0.2) is 46.9 Å². The second-order valence-electron chi connectivity index (χ2n) is 3.64. The molecule has 1 heterocycles. The molecule has 0 saturated heterocycles. The Morgan fingerprint density at radius 2 is 2.06 bits per heavy atom. The molecule has 0 amide bonds. The molecule has 1 aromatic heterocycles. The second kappa shape index (κ2) is 5.84. The fraction of sp³-hybridized carbons (Fsp3) is 0.154. The molecule has 2 nitrogen and oxygen atoms in total. The Kier molecular flexibility index (Phi) is 4.18. The molecule has 0 aliphatic heterocycles. The summed E-state index contributed by atoms with van der Waals surface area (Å²) in [5.41, 5.74) is 5.23. The lowest BCUT2D eigenvalue weighted by molar-refractivity contribution is 0.744. The third-order valence-electron chi connectivity index (χ3n) is 2.32. The van der Waals surface area contributed by atoms with E-state index in [4.69, 9.17) is 11.6 Å². The molecule has 0 unspecified atom stereocenters. The van der Waals surface area contributed by atoms with Crippen molar-refractivity contribution in [2.24, 2.45) is 5.10 Å². The van der Waals surface area contributed by atoms with Gasteiger partial charge in [-0.1, -0.05) is 29.8 Å². The predicted molar refractivity (Wildman–Crippen MR) is 74.8 cm³/mol. The molecule has 0 spiro atoms. The highest BCUT2D eigenvalue weighted by atomic mass is 35.5. The molecule has 88 valence electrons. The summed E-state index contributed by atoms with van der Waals surface area (Å²) in [4.78, 5) is 1.19. The van der Waals surface area contributed by atoms with Crippen molar-refractivity contribution in [1.82, 2.24) is 5.43 Å². The zero-order chi connectivity index (χ0) is 12.1. The minimum absolute atomic E-state index is 0.708. The lowest BCUT2D eigenvalue weighted by Crippen LogP contribution is -2.08. The zero-order valence-electron chi connectivity index (χ0n) is 9.48. The summed E-state index contributed by atoms with van der Waals surface area (Å²) in [6.45, 7) is 2.71. The lowest BCUT2D eigenvalue weighted by Gasteiger charge is -2.02. The minimum atomic E-state index is 0.708. The van der Waals surface area contributed by atoms with Gasteiger partial charge in [0.05, 0.1) is 12.3 Å². The fourth-order valence-corrected chi connectivity index (χ4v) is 2.19. The zero-order valence-corrected chi connectivity index (χ0v) is 11.1. The van der Waals surface area contributed by atoms with Crippen LogP contribution >= 0.6 is 22.9 Å². The van der Waals surface area contributed by atoms with Gasteiger partial charge < -0.3 is 5.43 Å². The van der Waals surface area contributed by atoms with E-state index < -0.39 is 0 Å². The number of halogens is 1. The molecule has 2 aromatic rings. The number of thiophene rings is 1. The van der Waals surface area contributed by atoms with Crippen LogP contribution in [0.3, 0.4) is 0 Å². The van der Waals surface area contributed by atoms with Crippen molar-refractivity contribution >= 4 is 28.6 Å². The van der Waals surface area contributed by atoms with Crippen LogP contribution in [0, 0.1) is 0 Å². The van der Waals surface area contributed by atoms with Crippen molar-refractivity contribution in [2.45, 2.75) is 13.5 Å². The van der Waals surface area contributed by atoms with Crippen LogP contribution < -0.4 is 5.43 Å². The van der Waals surface area contributed by atoms with Gasteiger partial charge in [0.25, 0.3) is 0 Å². The maximum absolute atomic E-state index is 5.82. The van der Waals surface area contributed by atoms with Gasteiger partial charge in [-0.25, -0.2) is 0 Å². The molecule has 17 heavy (non-hydrogen) atoms. The summed E-state index contributed by atoms with van der Waals surface area (Å²) in [5.74, 6) is 0. The lowest BCUT2D eigenvalue weighted by atomic mass is 10.2. The summed E-state index contributed by atoms with van der Waals surface area (Å²) in [7, 11) is 0. The number of hydrazone groups is 1. The highest BCUT2D eigenvalue weighted by Gasteiger charge is 1.97. The molecule has 1 N–H and O–H groups in total. The van der Waals surface area contributed by atoms with Gasteiger partial charge in [-0.15, -0.1) is 11.3 Å². The van der Waals surface area contributed by atoms with Gasteiger partial charge in [-0.2, -0.15) is 5.10 Å². The first-order valence-corrected chi connectivity index (χ1v) is 6.57. The monoisotopic (exact) mass is 264 g/mol. The van der Waals surface area contributed by atoms with Gasteiger partial charge in [-0.3, -0.25) is 0 Å². The summed E-state index contributed by atoms with van der Waals surface area (Å²) in [6.07, 6.45) is 0. The Morgan fingerprint density at radius 1 is 1.29 bits per heavy atom. The normalized spacial score (nSPS) is 11.5. The van der Waals surface area contributed by atoms with Crippen molar-refractivity contribution in [3.05, 3.63) is 57.2 Å². The molecule has 1 aromatic carbocycles. The van der Waals surface area contributed by atoms with Gasteiger partial charge in [0.1, 0.15) is 0 Å². The maximum atomic E-state index is 5.82. The van der Waals surface area contributed by atoms with Crippen molar-refractivity contribution in [3.8, 4) is 0 Å². The van der Waals surface area contributed by atoms with Gasteiger partial charge in [0.15, 0.2) is 0 Å². The van der Waals surface area contributed by atoms with Crippen molar-refractivity contribution in [2.75, 3.05) is 0 Å². The highest BCUT2D eigenvalue weighted by molar-refractivity contribution is 7.12. The van der Waals surface area contributed by atoms with Crippen LogP contribution in [0.4, 0.5) is 0 Å². The van der Waals surface area contributed by atoms with E-state index in [2.05, 4.69) is 16.6 Å². The van der Waals surface area contributed by atoms with Crippen molar-refractivity contribution in [1.29, 1.82) is 0 Å². The van der Waals surface area contributed by atoms with E-state index >= 15 is 0 Å². The van der Waals surface area contributed by atoms with Crippen LogP contribution in [0.25, 0.3) is 0 Å². The standard InChI is InChI=1S/C13H13ClN2S/c1-10(13-3-2-8-17-13)16-15-9-11-4-6-12(14)7-5-11/h2-8,15H,9H2,1H3/b16-10-. The molecule has 0 fully saturated rings. The first kappa shape index (κ1) is 12.1. The number of benzene rings is 1. The minimum Gasteiger partial charge on any atom is -0.305 e. The molecule has 2 rings (SSSR count). The molecular weight excluding hydrogens is 252 g/mol. The molecule has 0 saturated carbocycles. The summed E-state index contributed by atoms with van der Waals surface area (Å²) >= 11 is 7.51. The van der Waals surface area contributed by atoms with E-state index in [-0.39, 0.29) is 0 Å². The Morgan fingerprint density at radius 3 is 2.71 bits per heavy atom. The molecule has 0 aliphatic rings. The van der Waals surface area contributed by atoms with Crippen LogP contribution in [0.1, 0.15) is 17.4 Å². The van der Waals surface area contributed by atoms with Gasteiger partial charge in [0, 0.05) is 9.90 Å².